The molecule has 0 heterocycles. The fourth-order valence-electron chi connectivity index (χ4n) is 2.82. The van der Waals surface area contributed by atoms with Gasteiger partial charge in [0.15, 0.2) is 0 Å². The van der Waals surface area contributed by atoms with Crippen molar-refractivity contribution in [2.75, 3.05) is 25.5 Å². The van der Waals surface area contributed by atoms with Crippen LogP contribution in [0.25, 0.3) is 6.08 Å². The molecule has 31 heavy (non-hydrogen) atoms. The number of benzene rings is 2. The van der Waals surface area contributed by atoms with Crippen LogP contribution in [-0.4, -0.2) is 45.4 Å². The lowest BCUT2D eigenvalue weighted by Gasteiger charge is -2.19. The van der Waals surface area contributed by atoms with Crippen LogP contribution in [0.15, 0.2) is 53.4 Å². The second-order valence-electron chi connectivity index (χ2n) is 6.19. The van der Waals surface area contributed by atoms with Crippen molar-refractivity contribution < 1.29 is 31.5 Å². The zero-order valence-corrected chi connectivity index (χ0v) is 18.2. The van der Waals surface area contributed by atoms with E-state index in [1.54, 1.807) is 19.9 Å². The van der Waals surface area contributed by atoms with Crippen molar-refractivity contribution in [3.63, 3.8) is 0 Å². The fraction of sp³-hybridized carbons (Fsp3) is 0.286. The molecule has 1 amide bonds. The number of alkyl halides is 2. The summed E-state index contributed by atoms with van der Waals surface area (Å²) in [6.45, 7) is 1.06. The molecule has 2 rings (SSSR count). The first-order valence-electron chi connectivity index (χ1n) is 9.44. The molecular weight excluding hydrogens is 430 g/mol. The number of nitrogens with one attached hydrogen (secondary N) is 1. The summed E-state index contributed by atoms with van der Waals surface area (Å²) in [5.41, 5.74) is 0.435. The van der Waals surface area contributed by atoms with Gasteiger partial charge in [0, 0.05) is 24.7 Å². The van der Waals surface area contributed by atoms with Crippen LogP contribution in [0.5, 0.6) is 11.5 Å². The average molecular weight is 454 g/mol. The third-order valence-corrected chi connectivity index (χ3v) is 6.37. The molecule has 2 aromatic carbocycles. The van der Waals surface area contributed by atoms with Crippen LogP contribution in [0, 0.1) is 0 Å². The van der Waals surface area contributed by atoms with E-state index in [4.69, 9.17) is 4.74 Å². The smallest absolute Gasteiger partial charge is 0.387 e. The monoisotopic (exact) mass is 454 g/mol. The first kappa shape index (κ1) is 24.3. The van der Waals surface area contributed by atoms with E-state index >= 15 is 0 Å². The number of carbonyl (C=O) groups is 1. The number of methoxy groups -OCH3 is 1. The minimum absolute atomic E-state index is 0.00644. The van der Waals surface area contributed by atoms with Gasteiger partial charge in [-0.3, -0.25) is 4.79 Å². The number of para-hydroxylation sites is 1. The van der Waals surface area contributed by atoms with Gasteiger partial charge >= 0.3 is 6.61 Å². The Hall–Kier alpha value is -2.98. The van der Waals surface area contributed by atoms with E-state index in [0.717, 1.165) is 6.08 Å². The molecule has 0 aliphatic carbocycles. The summed E-state index contributed by atoms with van der Waals surface area (Å²) < 4.78 is 61.5. The Kier molecular flexibility index (Phi) is 8.52. The van der Waals surface area contributed by atoms with E-state index in [2.05, 4.69) is 10.1 Å². The van der Waals surface area contributed by atoms with Crippen LogP contribution in [0.2, 0.25) is 0 Å². The molecule has 0 bridgehead atoms. The van der Waals surface area contributed by atoms with Crippen LogP contribution < -0.4 is 14.8 Å². The molecule has 0 spiro atoms. The number of anilines is 1. The molecule has 0 unspecified atom stereocenters. The van der Waals surface area contributed by atoms with Crippen molar-refractivity contribution in [1.29, 1.82) is 0 Å². The first-order valence-corrected chi connectivity index (χ1v) is 10.9. The van der Waals surface area contributed by atoms with Crippen LogP contribution in [0.1, 0.15) is 19.4 Å². The Bertz CT molecular complexity index is 1040. The highest BCUT2D eigenvalue weighted by atomic mass is 32.2. The standard InChI is InChI=1S/C21H24F2N2O5S/c1-4-25(5-2)31(27,28)16-11-12-19(29-3)17(14-16)24-20(26)13-10-15-8-6-7-9-18(15)30-21(22)23/h6-14,21H,4-5H2,1-3H3,(H,24,26)/b13-10+. The van der Waals surface area contributed by atoms with Gasteiger partial charge in [0.2, 0.25) is 15.9 Å². The van der Waals surface area contributed by atoms with Crippen LogP contribution in [0.4, 0.5) is 14.5 Å². The van der Waals surface area contributed by atoms with Crippen molar-refractivity contribution in [2.45, 2.75) is 25.4 Å². The molecule has 0 fully saturated rings. The fourth-order valence-corrected chi connectivity index (χ4v) is 4.30. The number of carbonyl (C=O) groups excluding carboxylic acids is 1. The molecule has 7 nitrogen and oxygen atoms in total. The molecule has 0 aliphatic rings. The van der Waals surface area contributed by atoms with Gasteiger partial charge in [0.25, 0.3) is 0 Å². The largest absolute Gasteiger partial charge is 0.495 e. The Labute approximate surface area is 180 Å². The minimum atomic E-state index is -3.74. The topological polar surface area (TPSA) is 84.9 Å². The number of rotatable bonds is 10. The van der Waals surface area contributed by atoms with Crippen molar-refractivity contribution in [3.05, 3.63) is 54.1 Å². The molecule has 0 saturated carbocycles. The predicted octanol–water partition coefficient (Wildman–Crippen LogP) is 3.98. The van der Waals surface area contributed by atoms with E-state index in [0.29, 0.717) is 13.1 Å². The Morgan fingerprint density at radius 1 is 1.13 bits per heavy atom. The number of hydrogen-bond acceptors (Lipinski definition) is 5. The normalized spacial score (nSPS) is 11.8. The third kappa shape index (κ3) is 6.25. The summed E-state index contributed by atoms with van der Waals surface area (Å²) in [6, 6.07) is 10.2. The lowest BCUT2D eigenvalue weighted by molar-refractivity contribution is -0.111. The van der Waals surface area contributed by atoms with Crippen LogP contribution in [-0.2, 0) is 14.8 Å². The lowest BCUT2D eigenvalue weighted by Crippen LogP contribution is -2.30. The maximum absolute atomic E-state index is 12.8. The Morgan fingerprint density at radius 2 is 1.81 bits per heavy atom. The molecule has 1 N–H and O–H groups in total. The van der Waals surface area contributed by atoms with Gasteiger partial charge in [0.1, 0.15) is 11.5 Å². The van der Waals surface area contributed by atoms with E-state index < -0.39 is 22.5 Å². The molecule has 0 aromatic heterocycles. The second-order valence-corrected chi connectivity index (χ2v) is 8.13. The highest BCUT2D eigenvalue weighted by molar-refractivity contribution is 7.89. The van der Waals surface area contributed by atoms with Crippen molar-refractivity contribution >= 4 is 27.7 Å². The molecule has 0 aliphatic heterocycles. The van der Waals surface area contributed by atoms with Crippen LogP contribution in [0.3, 0.4) is 0 Å². The third-order valence-electron chi connectivity index (χ3n) is 4.32. The quantitative estimate of drug-likeness (QED) is 0.549. The van der Waals surface area contributed by atoms with Gasteiger partial charge in [0.05, 0.1) is 17.7 Å². The van der Waals surface area contributed by atoms with Crippen molar-refractivity contribution in [1.82, 2.24) is 4.31 Å². The van der Waals surface area contributed by atoms with Crippen LogP contribution >= 0.6 is 0 Å². The van der Waals surface area contributed by atoms with Crippen molar-refractivity contribution in [3.8, 4) is 11.5 Å². The summed E-state index contributed by atoms with van der Waals surface area (Å²) in [6.07, 6.45) is 2.44. The first-order chi connectivity index (χ1) is 14.7. The maximum atomic E-state index is 12.8. The average Bonchev–Trinajstić information content (AvgIpc) is 2.73. The Morgan fingerprint density at radius 3 is 2.42 bits per heavy atom. The van der Waals surface area contributed by atoms with Gasteiger partial charge in [-0.1, -0.05) is 32.0 Å². The predicted molar refractivity (Wildman–Crippen MR) is 114 cm³/mol. The van der Waals surface area contributed by atoms with E-state index in [1.165, 1.54) is 53.9 Å². The van der Waals surface area contributed by atoms with Gasteiger partial charge in [-0.05, 0) is 30.3 Å². The molecule has 0 atom stereocenters. The summed E-state index contributed by atoms with van der Waals surface area (Å²) in [4.78, 5) is 12.4. The summed E-state index contributed by atoms with van der Waals surface area (Å²) >= 11 is 0. The zero-order chi connectivity index (χ0) is 23.0. The highest BCUT2D eigenvalue weighted by Crippen LogP contribution is 2.29. The van der Waals surface area contributed by atoms with E-state index in [1.807, 2.05) is 0 Å². The van der Waals surface area contributed by atoms with E-state index in [9.17, 15) is 22.0 Å². The lowest BCUT2D eigenvalue weighted by atomic mass is 10.2. The molecule has 0 saturated heterocycles. The number of nitrogens with zero attached hydrogens (tertiary/aromatic N) is 1. The zero-order valence-electron chi connectivity index (χ0n) is 17.3. The number of hydrogen-bond donors (Lipinski definition) is 1. The molecule has 0 radical (unpaired) electrons. The number of ether oxygens (including phenoxy) is 2. The molecule has 10 heteroatoms. The molecule has 168 valence electrons. The summed E-state index contributed by atoms with van der Waals surface area (Å²) in [5.74, 6) is -0.421. The van der Waals surface area contributed by atoms with Gasteiger partial charge in [-0.25, -0.2) is 8.42 Å². The molecular formula is C21H24F2N2O5S. The van der Waals surface area contributed by atoms with Gasteiger partial charge < -0.3 is 14.8 Å². The molecule has 2 aromatic rings. The number of amides is 1. The minimum Gasteiger partial charge on any atom is -0.495 e. The van der Waals surface area contributed by atoms with E-state index in [-0.39, 0.29) is 27.6 Å². The SMILES string of the molecule is CCN(CC)S(=O)(=O)c1ccc(OC)c(NC(=O)/C=C/c2ccccc2OC(F)F)c1. The highest BCUT2D eigenvalue weighted by Gasteiger charge is 2.23. The summed E-state index contributed by atoms with van der Waals surface area (Å²) in [5, 5.41) is 2.56. The second kappa shape index (κ2) is 10.9. The number of sulfonamides is 1. The summed E-state index contributed by atoms with van der Waals surface area (Å²) in [7, 11) is -2.35. The number of halogens is 2. The van der Waals surface area contributed by atoms with Gasteiger partial charge in [-0.2, -0.15) is 13.1 Å². The van der Waals surface area contributed by atoms with Gasteiger partial charge in [-0.15, -0.1) is 0 Å². The van der Waals surface area contributed by atoms with Crippen molar-refractivity contribution in [2.24, 2.45) is 0 Å². The maximum Gasteiger partial charge on any atom is 0.387 e. The Balaban J connectivity index is 2.28.